The first-order valence-corrected chi connectivity index (χ1v) is 13.7. The maximum atomic E-state index is 14.8. The Bertz CT molecular complexity index is 1440. The third-order valence-electron chi connectivity index (χ3n) is 9.91. The highest BCUT2D eigenvalue weighted by Gasteiger charge is 2.86. The largest absolute Gasteiger partial charge is 0.498 e. The Kier molecular flexibility index (Phi) is 5.06. The fraction of sp³-hybridized carbons (Fsp3) is 0.600. The number of hydrogen-bond acceptors (Lipinski definition) is 10. The van der Waals surface area contributed by atoms with Gasteiger partial charge in [-0.25, -0.2) is 0 Å². The minimum atomic E-state index is -1.83. The number of ether oxygens (including phenoxy) is 4. The Morgan fingerprint density at radius 2 is 1.40 bits per heavy atom. The van der Waals surface area contributed by atoms with E-state index in [1.807, 2.05) is 0 Å². The molecule has 40 heavy (non-hydrogen) atoms. The summed E-state index contributed by atoms with van der Waals surface area (Å²) in [6.07, 6.45) is -3.47. The zero-order valence-corrected chi connectivity index (χ0v) is 23.1. The van der Waals surface area contributed by atoms with Gasteiger partial charge in [-0.3, -0.25) is 19.2 Å². The fourth-order valence-electron chi connectivity index (χ4n) is 8.30. The summed E-state index contributed by atoms with van der Waals surface area (Å²) in [4.78, 5) is 56.9. The van der Waals surface area contributed by atoms with Gasteiger partial charge in [-0.15, -0.1) is 0 Å². The summed E-state index contributed by atoms with van der Waals surface area (Å²) in [5, 5.41) is 22.2. The van der Waals surface area contributed by atoms with E-state index in [1.165, 1.54) is 18.4 Å². The van der Waals surface area contributed by atoms with E-state index in [9.17, 15) is 29.4 Å². The van der Waals surface area contributed by atoms with Gasteiger partial charge in [0.05, 0.1) is 18.5 Å². The number of allylic oxidation sites excluding steroid dienone is 2. The van der Waals surface area contributed by atoms with E-state index in [4.69, 9.17) is 18.9 Å². The quantitative estimate of drug-likeness (QED) is 0.379. The van der Waals surface area contributed by atoms with Crippen molar-refractivity contribution in [2.45, 2.75) is 95.5 Å². The standard InChI is InChI=1S/C30H32O10/c1-10(2)7-15(31)29-23(35)18-17-12(5)38-24(19(18)22(34)26(29)39-29)28-14(9-37-13(6)20(17)28)21(33)25-30(40-25,27(28)36)16(32)8-11(3)4/h7-9,12-13,15-17,20,24-26,31-32H,1-6H3. The number of carbonyl (C=O) groups excluding carboxylic acids is 4. The second-order valence-corrected chi connectivity index (χ2v) is 12.7. The van der Waals surface area contributed by atoms with Crippen LogP contribution in [0.5, 0.6) is 0 Å². The smallest absolute Gasteiger partial charge is 0.197 e. The van der Waals surface area contributed by atoms with E-state index in [2.05, 4.69) is 0 Å². The van der Waals surface area contributed by atoms with Crippen LogP contribution in [0.15, 0.2) is 46.3 Å². The number of aliphatic hydroxyl groups is 2. The first kappa shape index (κ1) is 26.2. The lowest BCUT2D eigenvalue weighted by Gasteiger charge is -2.62. The predicted octanol–water partition coefficient (Wildman–Crippen LogP) is 0.838. The molecule has 0 amide bonds. The molecule has 212 valence electrons. The van der Waals surface area contributed by atoms with Gasteiger partial charge in [-0.1, -0.05) is 23.3 Å². The predicted molar refractivity (Wildman–Crippen MR) is 136 cm³/mol. The van der Waals surface area contributed by atoms with Crippen molar-refractivity contribution in [2.75, 3.05) is 0 Å². The van der Waals surface area contributed by atoms with Crippen LogP contribution in [0, 0.1) is 17.3 Å². The van der Waals surface area contributed by atoms with Gasteiger partial charge in [0, 0.05) is 28.6 Å². The van der Waals surface area contributed by atoms with Crippen LogP contribution < -0.4 is 0 Å². The van der Waals surface area contributed by atoms with Gasteiger partial charge in [-0.05, 0) is 41.5 Å². The van der Waals surface area contributed by atoms with E-state index in [-0.39, 0.29) is 16.7 Å². The lowest BCUT2D eigenvalue weighted by atomic mass is 9.44. The Labute approximate surface area is 230 Å². The van der Waals surface area contributed by atoms with Crippen molar-refractivity contribution < 1.29 is 48.3 Å². The molecule has 2 bridgehead atoms. The molecule has 5 aliphatic heterocycles. The monoisotopic (exact) mass is 552 g/mol. The van der Waals surface area contributed by atoms with E-state index in [0.717, 1.165) is 11.1 Å². The summed E-state index contributed by atoms with van der Waals surface area (Å²) >= 11 is 0. The number of aliphatic hydroxyl groups excluding tert-OH is 2. The maximum absolute atomic E-state index is 14.8. The highest BCUT2D eigenvalue weighted by Crippen LogP contribution is 2.70. The third-order valence-corrected chi connectivity index (χ3v) is 9.91. The maximum Gasteiger partial charge on any atom is 0.197 e. The van der Waals surface area contributed by atoms with E-state index in [1.54, 1.807) is 41.5 Å². The Morgan fingerprint density at radius 3 is 2.02 bits per heavy atom. The second-order valence-electron chi connectivity index (χ2n) is 12.7. The second kappa shape index (κ2) is 7.74. The van der Waals surface area contributed by atoms with Crippen LogP contribution in [0.4, 0.5) is 0 Å². The van der Waals surface area contributed by atoms with Crippen LogP contribution in [-0.4, -0.2) is 87.3 Å². The van der Waals surface area contributed by atoms with Gasteiger partial charge >= 0.3 is 0 Å². The first-order chi connectivity index (χ1) is 18.8. The minimum Gasteiger partial charge on any atom is -0.498 e. The number of ketones is 4. The van der Waals surface area contributed by atoms with Crippen molar-refractivity contribution in [3.63, 3.8) is 0 Å². The molecule has 0 aromatic rings. The number of hydrogen-bond donors (Lipinski definition) is 2. The van der Waals surface area contributed by atoms with E-state index >= 15 is 0 Å². The minimum absolute atomic E-state index is 0.0129. The SMILES string of the molecule is CC(C)=CC(O)C12OC1C(=O)C1=C(C2=O)C2C(C)OC1C13C(=O)C4(C(O)C=C(C)C)OC4C(=O)C1=COC(C)C23. The molecule has 10 nitrogen and oxygen atoms in total. The highest BCUT2D eigenvalue weighted by molar-refractivity contribution is 6.26. The molecular formula is C30H32O10. The van der Waals surface area contributed by atoms with Crippen molar-refractivity contribution in [1.29, 1.82) is 0 Å². The van der Waals surface area contributed by atoms with Crippen LogP contribution in [0.1, 0.15) is 41.5 Å². The number of epoxide rings is 2. The van der Waals surface area contributed by atoms with Crippen LogP contribution in [0.3, 0.4) is 0 Å². The molecule has 5 heterocycles. The summed E-state index contributed by atoms with van der Waals surface area (Å²) in [6.45, 7) is 10.6. The molecule has 10 heteroatoms. The molecule has 4 fully saturated rings. The molecular weight excluding hydrogens is 520 g/mol. The average Bonchev–Trinajstić information content (AvgIpc) is 3.78. The van der Waals surface area contributed by atoms with E-state index < -0.39 is 94.3 Å². The van der Waals surface area contributed by atoms with Crippen LogP contribution in [-0.2, 0) is 38.1 Å². The number of rotatable bonds is 4. The summed E-state index contributed by atoms with van der Waals surface area (Å²) in [7, 11) is 0. The molecule has 2 N–H and O–H groups in total. The Morgan fingerprint density at radius 1 is 0.825 bits per heavy atom. The summed E-state index contributed by atoms with van der Waals surface area (Å²) in [6, 6.07) is 0. The molecule has 1 spiro atoms. The topological polar surface area (TPSA) is 152 Å². The van der Waals surface area contributed by atoms with Crippen LogP contribution in [0.2, 0.25) is 0 Å². The van der Waals surface area contributed by atoms with Gasteiger partial charge in [0.15, 0.2) is 46.5 Å². The van der Waals surface area contributed by atoms with Crippen LogP contribution >= 0.6 is 0 Å². The summed E-state index contributed by atoms with van der Waals surface area (Å²) < 4.78 is 23.8. The molecule has 8 rings (SSSR count). The average molecular weight is 553 g/mol. The van der Waals surface area contributed by atoms with Crippen molar-refractivity contribution in [2.24, 2.45) is 17.3 Å². The summed E-state index contributed by atoms with van der Waals surface area (Å²) in [5.74, 6) is -3.69. The van der Waals surface area contributed by atoms with Gasteiger partial charge in [0.2, 0.25) is 0 Å². The van der Waals surface area contributed by atoms with E-state index in [0.29, 0.717) is 0 Å². The molecule has 3 aliphatic carbocycles. The van der Waals surface area contributed by atoms with Gasteiger partial charge in [-0.2, -0.15) is 0 Å². The molecule has 8 aliphatic rings. The Hall–Kier alpha value is -2.76. The summed E-state index contributed by atoms with van der Waals surface area (Å²) in [5.41, 5.74) is -3.55. The molecule has 0 radical (unpaired) electrons. The molecule has 0 aromatic carbocycles. The molecule has 12 unspecified atom stereocenters. The van der Waals surface area contributed by atoms with Gasteiger partial charge < -0.3 is 29.2 Å². The zero-order chi connectivity index (χ0) is 28.8. The normalized spacial score (nSPS) is 47.0. The number of carbonyl (C=O) groups is 4. The van der Waals surface area contributed by atoms with Gasteiger partial charge in [0.1, 0.15) is 23.7 Å². The van der Waals surface area contributed by atoms with Crippen molar-refractivity contribution in [3.05, 3.63) is 46.3 Å². The third kappa shape index (κ3) is 2.68. The van der Waals surface area contributed by atoms with Gasteiger partial charge in [0.25, 0.3) is 0 Å². The molecule has 1 saturated carbocycles. The highest BCUT2D eigenvalue weighted by atomic mass is 16.6. The molecule has 0 aromatic heterocycles. The molecule has 3 saturated heterocycles. The van der Waals surface area contributed by atoms with Crippen LogP contribution in [0.25, 0.3) is 0 Å². The fourth-order valence-corrected chi connectivity index (χ4v) is 8.30. The van der Waals surface area contributed by atoms with Crippen molar-refractivity contribution in [3.8, 4) is 0 Å². The van der Waals surface area contributed by atoms with Crippen molar-refractivity contribution >= 4 is 23.1 Å². The zero-order valence-electron chi connectivity index (χ0n) is 23.1. The molecule has 12 atom stereocenters. The van der Waals surface area contributed by atoms with Crippen molar-refractivity contribution in [1.82, 2.24) is 0 Å². The first-order valence-electron chi connectivity index (χ1n) is 13.7. The number of Topliss-reactive ketones (excluding diaryl/α,β-unsaturated/α-hetero) is 4. The lowest BCUT2D eigenvalue weighted by molar-refractivity contribution is -0.207. The lowest BCUT2D eigenvalue weighted by Crippen LogP contribution is -2.74. The number of fused-ring (bicyclic) bond motifs is 3. The Balaban J connectivity index is 1.45.